The molecule has 0 aliphatic carbocycles. The molecule has 1 aromatic heterocycles. The van der Waals surface area contributed by atoms with Crippen LogP contribution in [0.1, 0.15) is 0 Å². The van der Waals surface area contributed by atoms with Crippen LogP contribution < -0.4 is 10.3 Å². The summed E-state index contributed by atoms with van der Waals surface area (Å²) < 4.78 is 12.2. The number of methoxy groups -OCH3 is 1. The van der Waals surface area contributed by atoms with Crippen LogP contribution in [0.4, 0.5) is 0 Å². The van der Waals surface area contributed by atoms with E-state index in [1.807, 2.05) is 48.5 Å². The summed E-state index contributed by atoms with van der Waals surface area (Å²) in [6.07, 6.45) is 0. The number of benzene rings is 2. The molecular weight excluding hydrogens is 342 g/mol. The highest BCUT2D eigenvalue weighted by Gasteiger charge is 2.09. The third-order valence-electron chi connectivity index (χ3n) is 3.41. The Morgan fingerprint density at radius 2 is 1.91 bits per heavy atom. The zero-order valence-electron chi connectivity index (χ0n) is 12.3. The second-order valence-electron chi connectivity index (χ2n) is 4.95. The van der Waals surface area contributed by atoms with Gasteiger partial charge >= 0.3 is 0 Å². The molecule has 0 fully saturated rings. The second kappa shape index (κ2) is 6.90. The maximum atomic E-state index is 6.06. The van der Waals surface area contributed by atoms with E-state index in [1.165, 1.54) is 0 Å². The lowest BCUT2D eigenvalue weighted by Gasteiger charge is -2.03. The van der Waals surface area contributed by atoms with Gasteiger partial charge in [0.1, 0.15) is 18.0 Å². The standard InChI is InChI=1S/C18H16BrNO2/c1-21-10-9-20-16-12-18(13-5-3-2-4-6-13)22-17-8-7-14(19)11-15(16)17/h2-8,11-12H,9-10H2,1H3/p+1. The van der Waals surface area contributed by atoms with E-state index in [0.29, 0.717) is 6.61 Å². The van der Waals surface area contributed by atoms with Gasteiger partial charge in [0.15, 0.2) is 6.54 Å². The number of ether oxygens (including phenoxy) is 1. The summed E-state index contributed by atoms with van der Waals surface area (Å²) in [4.78, 5) is 3.42. The number of rotatable bonds is 4. The minimum absolute atomic E-state index is 0.655. The molecule has 0 unspecified atom stereocenters. The number of halogens is 1. The Hall–Kier alpha value is -1.91. The molecule has 112 valence electrons. The smallest absolute Gasteiger partial charge is 0.213 e. The third-order valence-corrected chi connectivity index (χ3v) is 3.90. The maximum absolute atomic E-state index is 6.06. The predicted molar refractivity (Wildman–Crippen MR) is 90.2 cm³/mol. The van der Waals surface area contributed by atoms with Crippen LogP contribution in [0.2, 0.25) is 0 Å². The summed E-state index contributed by atoms with van der Waals surface area (Å²) in [7, 11) is 1.70. The molecule has 2 aromatic carbocycles. The molecule has 0 aliphatic heterocycles. The molecule has 1 N–H and O–H groups in total. The Morgan fingerprint density at radius 1 is 1.09 bits per heavy atom. The third kappa shape index (κ3) is 3.29. The Kier molecular flexibility index (Phi) is 4.71. The lowest BCUT2D eigenvalue weighted by Crippen LogP contribution is -2.77. The first-order valence-corrected chi connectivity index (χ1v) is 7.92. The number of nitrogens with one attached hydrogen (secondary N) is 1. The van der Waals surface area contributed by atoms with Gasteiger partial charge in [0.05, 0.1) is 11.5 Å². The molecule has 0 aliphatic rings. The summed E-state index contributed by atoms with van der Waals surface area (Å²) in [6.45, 7) is 1.40. The van der Waals surface area contributed by atoms with Gasteiger partial charge in [0.25, 0.3) is 0 Å². The number of fused-ring (bicyclic) bond motifs is 1. The molecule has 3 aromatic rings. The van der Waals surface area contributed by atoms with Crippen LogP contribution in [0.3, 0.4) is 0 Å². The SMILES string of the molecule is COCC[NH+]=c1cc(-c2ccccc2)oc2ccc(Br)cc12. The molecular formula is C18H17BrNO2+. The number of hydrogen-bond acceptors (Lipinski definition) is 2. The molecule has 3 nitrogen and oxygen atoms in total. The van der Waals surface area contributed by atoms with Gasteiger partial charge in [-0.2, -0.15) is 0 Å². The van der Waals surface area contributed by atoms with Gasteiger partial charge in [0.2, 0.25) is 5.36 Å². The quantitative estimate of drug-likeness (QED) is 0.727. The van der Waals surface area contributed by atoms with E-state index in [9.17, 15) is 0 Å². The van der Waals surface area contributed by atoms with Crippen LogP contribution in [0.5, 0.6) is 0 Å². The van der Waals surface area contributed by atoms with Crippen molar-refractivity contribution >= 4 is 26.9 Å². The Balaban J connectivity index is 2.20. The van der Waals surface area contributed by atoms with E-state index in [2.05, 4.69) is 27.0 Å². The lowest BCUT2D eigenvalue weighted by atomic mass is 10.1. The molecule has 1 heterocycles. The van der Waals surface area contributed by atoms with Crippen molar-refractivity contribution in [3.05, 3.63) is 64.4 Å². The lowest BCUT2D eigenvalue weighted by molar-refractivity contribution is -0.502. The zero-order chi connectivity index (χ0) is 15.4. The summed E-state index contributed by atoms with van der Waals surface area (Å²) in [5.41, 5.74) is 1.91. The van der Waals surface area contributed by atoms with Gasteiger partial charge in [-0.05, 0) is 18.2 Å². The molecule has 0 saturated carbocycles. The van der Waals surface area contributed by atoms with Gasteiger partial charge in [-0.15, -0.1) is 0 Å². The van der Waals surface area contributed by atoms with Crippen LogP contribution in [-0.2, 0) is 4.74 Å². The fraction of sp³-hybridized carbons (Fsp3) is 0.167. The molecule has 4 heteroatoms. The topological polar surface area (TPSA) is 36.3 Å². The predicted octanol–water partition coefficient (Wildman–Crippen LogP) is 2.49. The van der Waals surface area contributed by atoms with Gasteiger partial charge in [0, 0.05) is 17.1 Å². The highest BCUT2D eigenvalue weighted by Crippen LogP contribution is 2.23. The van der Waals surface area contributed by atoms with Gasteiger partial charge in [-0.3, -0.25) is 0 Å². The van der Waals surface area contributed by atoms with Crippen LogP contribution in [0.25, 0.3) is 22.3 Å². The second-order valence-corrected chi connectivity index (χ2v) is 5.87. The minimum atomic E-state index is 0.655. The molecule has 0 saturated heterocycles. The Labute approximate surface area is 137 Å². The van der Waals surface area contributed by atoms with Crippen LogP contribution in [-0.4, -0.2) is 20.3 Å². The van der Waals surface area contributed by atoms with Gasteiger partial charge in [-0.1, -0.05) is 46.3 Å². The summed E-state index contributed by atoms with van der Waals surface area (Å²) in [6, 6.07) is 18.2. The first-order valence-electron chi connectivity index (χ1n) is 7.12. The first kappa shape index (κ1) is 15.0. The zero-order valence-corrected chi connectivity index (χ0v) is 13.9. The average Bonchev–Trinajstić information content (AvgIpc) is 2.56. The number of hydrogen-bond donors (Lipinski definition) is 1. The van der Waals surface area contributed by atoms with Crippen molar-refractivity contribution in [1.29, 1.82) is 0 Å². The molecule has 0 radical (unpaired) electrons. The van der Waals surface area contributed by atoms with Crippen molar-refractivity contribution in [3.63, 3.8) is 0 Å². The van der Waals surface area contributed by atoms with Crippen molar-refractivity contribution in [1.82, 2.24) is 0 Å². The molecule has 0 spiro atoms. The molecule has 0 atom stereocenters. The average molecular weight is 359 g/mol. The van der Waals surface area contributed by atoms with E-state index < -0.39 is 0 Å². The van der Waals surface area contributed by atoms with E-state index in [4.69, 9.17) is 9.15 Å². The maximum Gasteiger partial charge on any atom is 0.213 e. The Bertz CT molecular complexity index is 841. The van der Waals surface area contributed by atoms with Crippen molar-refractivity contribution in [2.75, 3.05) is 20.3 Å². The normalized spacial score (nSPS) is 12.0. The Morgan fingerprint density at radius 3 is 2.68 bits per heavy atom. The van der Waals surface area contributed by atoms with E-state index in [-0.39, 0.29) is 0 Å². The summed E-state index contributed by atoms with van der Waals surface area (Å²) in [5, 5.41) is 2.09. The van der Waals surface area contributed by atoms with Crippen molar-refractivity contribution in [3.8, 4) is 11.3 Å². The van der Waals surface area contributed by atoms with E-state index in [0.717, 1.165) is 38.7 Å². The largest absolute Gasteiger partial charge is 0.456 e. The van der Waals surface area contributed by atoms with Gasteiger partial charge in [-0.25, -0.2) is 4.99 Å². The van der Waals surface area contributed by atoms with Crippen molar-refractivity contribution in [2.24, 2.45) is 0 Å². The first-order chi connectivity index (χ1) is 10.8. The van der Waals surface area contributed by atoms with Gasteiger partial charge < -0.3 is 9.15 Å². The molecule has 22 heavy (non-hydrogen) atoms. The molecule has 0 amide bonds. The summed E-state index contributed by atoms with van der Waals surface area (Å²) >= 11 is 3.52. The van der Waals surface area contributed by atoms with Crippen LogP contribution in [0.15, 0.2) is 63.5 Å². The monoisotopic (exact) mass is 358 g/mol. The van der Waals surface area contributed by atoms with E-state index in [1.54, 1.807) is 7.11 Å². The molecule has 3 rings (SSSR count). The van der Waals surface area contributed by atoms with Crippen molar-refractivity contribution in [2.45, 2.75) is 0 Å². The van der Waals surface area contributed by atoms with Crippen LogP contribution >= 0.6 is 15.9 Å². The highest BCUT2D eigenvalue weighted by atomic mass is 79.9. The highest BCUT2D eigenvalue weighted by molar-refractivity contribution is 9.10. The minimum Gasteiger partial charge on any atom is -0.456 e. The fourth-order valence-electron chi connectivity index (χ4n) is 2.34. The van der Waals surface area contributed by atoms with Crippen LogP contribution in [0, 0.1) is 0 Å². The summed E-state index contributed by atoms with van der Waals surface area (Å²) in [5.74, 6) is 0.843. The fourth-order valence-corrected chi connectivity index (χ4v) is 2.70. The van der Waals surface area contributed by atoms with Crippen molar-refractivity contribution < 1.29 is 14.1 Å². The van der Waals surface area contributed by atoms with E-state index >= 15 is 0 Å². The molecule has 0 bridgehead atoms.